The van der Waals surface area contributed by atoms with Gasteiger partial charge in [0, 0.05) is 16.2 Å². The summed E-state index contributed by atoms with van der Waals surface area (Å²) >= 11 is 4.89. The molecule has 0 atom stereocenters. The number of fused-ring (bicyclic) bond motifs is 1. The number of hydrogen-bond acceptors (Lipinski definition) is 2. The van der Waals surface area contributed by atoms with Gasteiger partial charge in [0.15, 0.2) is 5.78 Å². The molecule has 0 bridgehead atoms. The lowest BCUT2D eigenvalue weighted by Gasteiger charge is -2.04. The van der Waals surface area contributed by atoms with Crippen LogP contribution in [0.15, 0.2) is 46.4 Å². The average Bonchev–Trinajstić information content (AvgIpc) is 2.96. The van der Waals surface area contributed by atoms with Crippen LogP contribution in [0.3, 0.4) is 0 Å². The summed E-state index contributed by atoms with van der Waals surface area (Å²) in [4.78, 5) is 13.1. The smallest absolute Gasteiger partial charge is 0.193 e. The van der Waals surface area contributed by atoms with Crippen LogP contribution >= 0.6 is 27.3 Å². The summed E-state index contributed by atoms with van der Waals surface area (Å²) in [6.45, 7) is 2.45. The van der Waals surface area contributed by atoms with Crippen molar-refractivity contribution in [2.24, 2.45) is 0 Å². The third kappa shape index (κ3) is 2.38. The first kappa shape index (κ1) is 12.6. The van der Waals surface area contributed by atoms with E-state index in [1.54, 1.807) is 0 Å². The molecule has 0 radical (unpaired) electrons. The van der Waals surface area contributed by atoms with Gasteiger partial charge in [-0.1, -0.05) is 11.6 Å². The van der Waals surface area contributed by atoms with Gasteiger partial charge < -0.3 is 4.57 Å². The number of rotatable bonds is 3. The molecule has 0 unspecified atom stereocenters. The number of ketones is 1. The zero-order chi connectivity index (χ0) is 13.4. The van der Waals surface area contributed by atoms with E-state index < -0.39 is 0 Å². The first-order valence-electron chi connectivity index (χ1n) is 5.97. The third-order valence-corrected chi connectivity index (χ3v) is 4.99. The number of halogens is 1. The van der Waals surface area contributed by atoms with Gasteiger partial charge in [-0.3, -0.25) is 4.79 Å². The maximum Gasteiger partial charge on any atom is 0.193 e. The van der Waals surface area contributed by atoms with Crippen molar-refractivity contribution in [3.8, 4) is 0 Å². The minimum absolute atomic E-state index is 0.139. The summed E-state index contributed by atoms with van der Waals surface area (Å²) in [5.41, 5.74) is 2.34. The first-order valence-corrected chi connectivity index (χ1v) is 7.64. The fourth-order valence-electron chi connectivity index (χ4n) is 2.18. The molecule has 2 heterocycles. The van der Waals surface area contributed by atoms with Crippen molar-refractivity contribution in [3.63, 3.8) is 0 Å². The van der Waals surface area contributed by atoms with E-state index >= 15 is 0 Å². The first-order chi connectivity index (χ1) is 9.15. The van der Waals surface area contributed by atoms with E-state index in [0.29, 0.717) is 6.54 Å². The molecule has 0 aliphatic heterocycles. The molecule has 96 valence electrons. The van der Waals surface area contributed by atoms with Crippen molar-refractivity contribution < 1.29 is 4.79 Å². The van der Waals surface area contributed by atoms with Crippen molar-refractivity contribution >= 4 is 44.0 Å². The van der Waals surface area contributed by atoms with E-state index in [-0.39, 0.29) is 5.78 Å². The molecule has 0 saturated heterocycles. The third-order valence-electron chi connectivity index (χ3n) is 3.11. The van der Waals surface area contributed by atoms with Crippen molar-refractivity contribution in [1.82, 2.24) is 4.57 Å². The largest absolute Gasteiger partial charge is 0.340 e. The summed E-state index contributed by atoms with van der Waals surface area (Å²) in [5, 5.41) is 3.10. The molecule has 0 aliphatic rings. The highest BCUT2D eigenvalue weighted by molar-refractivity contribution is 9.10. The Morgan fingerprint density at radius 2 is 2.16 bits per heavy atom. The second kappa shape index (κ2) is 4.94. The number of benzene rings is 1. The Morgan fingerprint density at radius 3 is 2.89 bits per heavy atom. The molecular weight excluding hydrogens is 322 g/mol. The highest BCUT2D eigenvalue weighted by atomic mass is 79.9. The number of Topliss-reactive ketones (excluding diaryl/α,β-unsaturated/α-hetero) is 1. The number of hydrogen-bond donors (Lipinski definition) is 0. The van der Waals surface area contributed by atoms with Gasteiger partial charge in [0.1, 0.15) is 0 Å². The number of aryl methyl sites for hydroxylation is 1. The standard InChI is InChI=1S/C15H12BrNOS/c1-10-2-3-13-11(8-10)4-6-17(13)9-14(18)15-12(16)5-7-19-15/h2-8H,9H2,1H3. The van der Waals surface area contributed by atoms with Crippen LogP contribution in [0.4, 0.5) is 0 Å². The molecule has 0 saturated carbocycles. The van der Waals surface area contributed by atoms with Gasteiger partial charge in [0.2, 0.25) is 0 Å². The molecule has 0 N–H and O–H groups in total. The summed E-state index contributed by atoms with van der Waals surface area (Å²) in [5.74, 6) is 0.139. The van der Waals surface area contributed by atoms with Crippen LogP contribution in [-0.4, -0.2) is 10.4 Å². The second-order valence-electron chi connectivity index (χ2n) is 4.53. The molecule has 3 rings (SSSR count). The summed E-state index contributed by atoms with van der Waals surface area (Å²) in [6, 6.07) is 10.2. The summed E-state index contributed by atoms with van der Waals surface area (Å²) in [7, 11) is 0. The molecule has 3 aromatic rings. The van der Waals surface area contributed by atoms with Gasteiger partial charge in [-0.15, -0.1) is 11.3 Å². The molecule has 4 heteroatoms. The maximum atomic E-state index is 12.3. The van der Waals surface area contributed by atoms with Gasteiger partial charge in [0.25, 0.3) is 0 Å². The van der Waals surface area contributed by atoms with Crippen LogP contribution in [-0.2, 0) is 6.54 Å². The van der Waals surface area contributed by atoms with Gasteiger partial charge in [-0.05, 0) is 57.9 Å². The topological polar surface area (TPSA) is 22.0 Å². The van der Waals surface area contributed by atoms with Crippen LogP contribution in [0.5, 0.6) is 0 Å². The molecule has 0 amide bonds. The highest BCUT2D eigenvalue weighted by Gasteiger charge is 2.13. The van der Waals surface area contributed by atoms with Crippen molar-refractivity contribution in [3.05, 3.63) is 56.8 Å². The van der Waals surface area contributed by atoms with E-state index in [9.17, 15) is 4.79 Å². The van der Waals surface area contributed by atoms with Crippen LogP contribution in [0.2, 0.25) is 0 Å². The van der Waals surface area contributed by atoms with E-state index in [1.165, 1.54) is 22.3 Å². The normalized spacial score (nSPS) is 11.1. The van der Waals surface area contributed by atoms with Crippen LogP contribution in [0, 0.1) is 6.92 Å². The van der Waals surface area contributed by atoms with Crippen molar-refractivity contribution in [2.75, 3.05) is 0 Å². The average molecular weight is 334 g/mol. The Balaban J connectivity index is 1.94. The Hall–Kier alpha value is -1.39. The van der Waals surface area contributed by atoms with Gasteiger partial charge in [-0.2, -0.15) is 0 Å². The van der Waals surface area contributed by atoms with Gasteiger partial charge in [0.05, 0.1) is 11.4 Å². The van der Waals surface area contributed by atoms with Crippen molar-refractivity contribution in [1.29, 1.82) is 0 Å². The zero-order valence-corrected chi connectivity index (χ0v) is 12.8. The number of aromatic nitrogens is 1. The minimum atomic E-state index is 0.139. The fraction of sp³-hybridized carbons (Fsp3) is 0.133. The molecule has 19 heavy (non-hydrogen) atoms. The van der Waals surface area contributed by atoms with E-state index in [0.717, 1.165) is 14.9 Å². The second-order valence-corrected chi connectivity index (χ2v) is 6.30. The molecule has 2 nitrogen and oxygen atoms in total. The Bertz CT molecular complexity index is 756. The van der Waals surface area contributed by atoms with Gasteiger partial charge >= 0.3 is 0 Å². The molecule has 2 aromatic heterocycles. The number of carbonyl (C=O) groups is 1. The lowest BCUT2D eigenvalue weighted by molar-refractivity contribution is 0.0977. The minimum Gasteiger partial charge on any atom is -0.340 e. The van der Waals surface area contributed by atoms with Crippen molar-refractivity contribution in [2.45, 2.75) is 13.5 Å². The lowest BCUT2D eigenvalue weighted by atomic mass is 10.2. The Labute approximate surface area is 123 Å². The van der Waals surface area contributed by atoms with E-state index in [4.69, 9.17) is 0 Å². The van der Waals surface area contributed by atoms with Crippen LogP contribution in [0.25, 0.3) is 10.9 Å². The Kier molecular flexibility index (Phi) is 3.29. The van der Waals surface area contributed by atoms with E-state index in [2.05, 4.69) is 47.1 Å². The van der Waals surface area contributed by atoms with Gasteiger partial charge in [-0.25, -0.2) is 0 Å². The SMILES string of the molecule is Cc1ccc2c(ccn2CC(=O)c2sccc2Br)c1. The summed E-state index contributed by atoms with van der Waals surface area (Å²) < 4.78 is 2.89. The fourth-order valence-corrected chi connectivity index (χ4v) is 3.70. The number of carbonyl (C=O) groups excluding carboxylic acids is 1. The Morgan fingerprint density at radius 1 is 1.32 bits per heavy atom. The predicted octanol–water partition coefficient (Wildman–Crippen LogP) is 4.66. The molecule has 0 fully saturated rings. The summed E-state index contributed by atoms with van der Waals surface area (Å²) in [6.07, 6.45) is 1.98. The predicted molar refractivity (Wildman–Crippen MR) is 83.0 cm³/mol. The van der Waals surface area contributed by atoms with E-state index in [1.807, 2.05) is 22.2 Å². The molecule has 0 aliphatic carbocycles. The number of thiophene rings is 1. The molecular formula is C15H12BrNOS. The highest BCUT2D eigenvalue weighted by Crippen LogP contribution is 2.24. The monoisotopic (exact) mass is 333 g/mol. The van der Waals surface area contributed by atoms with Crippen LogP contribution < -0.4 is 0 Å². The lowest BCUT2D eigenvalue weighted by Crippen LogP contribution is -2.08. The number of nitrogens with zero attached hydrogens (tertiary/aromatic N) is 1. The molecule has 0 spiro atoms. The molecule has 1 aromatic carbocycles. The quantitative estimate of drug-likeness (QED) is 0.639. The zero-order valence-electron chi connectivity index (χ0n) is 10.4. The maximum absolute atomic E-state index is 12.3. The van der Waals surface area contributed by atoms with Crippen LogP contribution in [0.1, 0.15) is 15.2 Å².